The quantitative estimate of drug-likeness (QED) is 0.436. The van der Waals surface area contributed by atoms with Gasteiger partial charge in [0.25, 0.3) is 5.91 Å². The van der Waals surface area contributed by atoms with Crippen LogP contribution in [0.3, 0.4) is 0 Å². The Balaban J connectivity index is 1.49. The number of nitrogens with one attached hydrogen (secondary N) is 2. The first-order chi connectivity index (χ1) is 13.8. The van der Waals surface area contributed by atoms with E-state index in [0.29, 0.717) is 15.0 Å². The normalized spacial score (nSPS) is 11.1. The minimum absolute atomic E-state index is 0.0116. The van der Waals surface area contributed by atoms with Gasteiger partial charge < -0.3 is 5.32 Å². The highest BCUT2D eigenvalue weighted by molar-refractivity contribution is 8.01. The number of rotatable bonds is 6. The van der Waals surface area contributed by atoms with Crippen molar-refractivity contribution in [3.63, 3.8) is 0 Å². The van der Waals surface area contributed by atoms with E-state index in [4.69, 9.17) is 0 Å². The van der Waals surface area contributed by atoms with Gasteiger partial charge in [0, 0.05) is 11.3 Å². The molecule has 6 nitrogen and oxygen atoms in total. The second-order valence-electron chi connectivity index (χ2n) is 5.61. The van der Waals surface area contributed by atoms with Crippen molar-refractivity contribution in [3.05, 3.63) is 65.7 Å². The number of halogens is 3. The van der Waals surface area contributed by atoms with Gasteiger partial charge >= 0.3 is 6.18 Å². The third-order valence-electron chi connectivity index (χ3n) is 3.49. The minimum atomic E-state index is -4.43. The van der Waals surface area contributed by atoms with Crippen molar-refractivity contribution in [2.75, 3.05) is 16.4 Å². The highest BCUT2D eigenvalue weighted by Gasteiger charge is 2.30. The molecule has 2 aromatic carbocycles. The van der Waals surface area contributed by atoms with Crippen LogP contribution in [0.1, 0.15) is 15.9 Å². The van der Waals surface area contributed by atoms with E-state index < -0.39 is 17.6 Å². The van der Waals surface area contributed by atoms with Gasteiger partial charge in [0.2, 0.25) is 11.0 Å². The zero-order valence-corrected chi connectivity index (χ0v) is 16.2. The van der Waals surface area contributed by atoms with Gasteiger partial charge in [-0.2, -0.15) is 13.2 Å². The first-order valence-corrected chi connectivity index (χ1v) is 9.91. The second-order valence-corrected chi connectivity index (χ2v) is 7.81. The van der Waals surface area contributed by atoms with E-state index in [0.717, 1.165) is 35.2 Å². The van der Waals surface area contributed by atoms with E-state index in [9.17, 15) is 22.8 Å². The first-order valence-electron chi connectivity index (χ1n) is 8.11. The summed E-state index contributed by atoms with van der Waals surface area (Å²) in [5.74, 6) is -0.736. The average molecular weight is 438 g/mol. The Hall–Kier alpha value is -2.92. The maximum Gasteiger partial charge on any atom is 0.416 e. The molecule has 1 heterocycles. The molecule has 29 heavy (non-hydrogen) atoms. The summed E-state index contributed by atoms with van der Waals surface area (Å²) in [6.45, 7) is 0. The maximum absolute atomic E-state index is 12.5. The van der Waals surface area contributed by atoms with Crippen LogP contribution < -0.4 is 10.6 Å². The van der Waals surface area contributed by atoms with Gasteiger partial charge in [-0.05, 0) is 36.4 Å². The minimum Gasteiger partial charge on any atom is -0.325 e. The smallest absolute Gasteiger partial charge is 0.325 e. The fourth-order valence-corrected chi connectivity index (χ4v) is 3.69. The predicted octanol–water partition coefficient (Wildman–Crippen LogP) is 4.54. The lowest BCUT2D eigenvalue weighted by Gasteiger charge is -2.08. The number of amides is 2. The highest BCUT2D eigenvalue weighted by Crippen LogP contribution is 2.30. The Morgan fingerprint density at radius 2 is 1.66 bits per heavy atom. The number of thioether (sulfide) groups is 1. The summed E-state index contributed by atoms with van der Waals surface area (Å²) in [4.78, 5) is 24.0. The Morgan fingerprint density at radius 1 is 0.966 bits per heavy atom. The van der Waals surface area contributed by atoms with Crippen LogP contribution in [0.15, 0.2) is 58.9 Å². The first kappa shape index (κ1) is 20.8. The van der Waals surface area contributed by atoms with Crippen molar-refractivity contribution in [1.29, 1.82) is 0 Å². The standard InChI is InChI=1S/C18H13F3N4O2S2/c19-18(20,21)12-6-8-13(9-7-12)22-14(26)10-28-17-25-24-16(29-17)23-15(27)11-4-2-1-3-5-11/h1-9H,10H2,(H,22,26)(H,23,24,27). The molecule has 0 atom stereocenters. The average Bonchev–Trinajstić information content (AvgIpc) is 3.14. The summed E-state index contributed by atoms with van der Waals surface area (Å²) in [5.41, 5.74) is -0.0479. The van der Waals surface area contributed by atoms with Crippen molar-refractivity contribution >= 4 is 45.7 Å². The summed E-state index contributed by atoms with van der Waals surface area (Å²) in [5, 5.41) is 13.2. The molecule has 3 aromatic rings. The Morgan fingerprint density at radius 3 is 2.31 bits per heavy atom. The van der Waals surface area contributed by atoms with Gasteiger partial charge in [0.1, 0.15) is 0 Å². The number of carbonyl (C=O) groups excluding carboxylic acids is 2. The molecule has 2 amide bonds. The van der Waals surface area contributed by atoms with Crippen LogP contribution in [0.4, 0.5) is 24.0 Å². The summed E-state index contributed by atoms with van der Waals surface area (Å²) in [7, 11) is 0. The molecule has 0 spiro atoms. The van der Waals surface area contributed by atoms with Gasteiger partial charge in [-0.1, -0.05) is 41.3 Å². The molecule has 0 saturated carbocycles. The molecule has 0 aliphatic carbocycles. The third kappa shape index (κ3) is 6.03. The molecule has 1 aromatic heterocycles. The molecule has 0 radical (unpaired) electrons. The highest BCUT2D eigenvalue weighted by atomic mass is 32.2. The lowest BCUT2D eigenvalue weighted by Crippen LogP contribution is -2.14. The van der Waals surface area contributed by atoms with E-state index in [2.05, 4.69) is 20.8 Å². The van der Waals surface area contributed by atoms with Gasteiger partial charge in [0.15, 0.2) is 4.34 Å². The molecule has 0 saturated heterocycles. The molecule has 0 unspecified atom stereocenters. The van der Waals surface area contributed by atoms with E-state index in [1.165, 1.54) is 12.1 Å². The van der Waals surface area contributed by atoms with Crippen LogP contribution in [-0.4, -0.2) is 27.8 Å². The van der Waals surface area contributed by atoms with E-state index in [1.807, 2.05) is 0 Å². The van der Waals surface area contributed by atoms with Gasteiger partial charge in [-0.15, -0.1) is 10.2 Å². The Labute approximate surface area is 171 Å². The number of hydrogen-bond donors (Lipinski definition) is 2. The van der Waals surface area contributed by atoms with E-state index in [1.54, 1.807) is 30.3 Å². The number of alkyl halides is 3. The SMILES string of the molecule is O=C(CSc1nnc(NC(=O)c2ccccc2)s1)Nc1ccc(C(F)(F)F)cc1. The van der Waals surface area contributed by atoms with Crippen molar-refractivity contribution in [3.8, 4) is 0 Å². The van der Waals surface area contributed by atoms with Crippen molar-refractivity contribution in [2.24, 2.45) is 0 Å². The van der Waals surface area contributed by atoms with E-state index in [-0.39, 0.29) is 17.3 Å². The number of carbonyl (C=O) groups is 2. The summed E-state index contributed by atoms with van der Waals surface area (Å²) < 4.78 is 38.1. The molecule has 3 rings (SSSR count). The number of nitrogens with zero attached hydrogens (tertiary/aromatic N) is 2. The summed E-state index contributed by atoms with van der Waals surface area (Å²) >= 11 is 2.21. The largest absolute Gasteiger partial charge is 0.416 e. The molecule has 0 fully saturated rings. The van der Waals surface area contributed by atoms with Crippen LogP contribution in [0.25, 0.3) is 0 Å². The topological polar surface area (TPSA) is 84.0 Å². The predicted molar refractivity (Wildman–Crippen MR) is 105 cm³/mol. The molecule has 0 aliphatic rings. The lowest BCUT2D eigenvalue weighted by molar-refractivity contribution is -0.137. The fraction of sp³-hybridized carbons (Fsp3) is 0.111. The van der Waals surface area contributed by atoms with Crippen molar-refractivity contribution in [1.82, 2.24) is 10.2 Å². The molecule has 11 heteroatoms. The van der Waals surface area contributed by atoms with Gasteiger partial charge in [0.05, 0.1) is 11.3 Å². The molecular formula is C18H13F3N4O2S2. The number of hydrogen-bond acceptors (Lipinski definition) is 6. The lowest BCUT2D eigenvalue weighted by atomic mass is 10.2. The van der Waals surface area contributed by atoms with Crippen LogP contribution in [0, 0.1) is 0 Å². The maximum atomic E-state index is 12.5. The van der Waals surface area contributed by atoms with Crippen LogP contribution in [0.2, 0.25) is 0 Å². The van der Waals surface area contributed by atoms with Crippen molar-refractivity contribution < 1.29 is 22.8 Å². The van der Waals surface area contributed by atoms with E-state index >= 15 is 0 Å². The van der Waals surface area contributed by atoms with Crippen LogP contribution in [-0.2, 0) is 11.0 Å². The second kappa shape index (κ2) is 9.05. The van der Waals surface area contributed by atoms with Gasteiger partial charge in [-0.3, -0.25) is 14.9 Å². The molecule has 2 N–H and O–H groups in total. The molecule has 0 aliphatic heterocycles. The number of benzene rings is 2. The summed E-state index contributed by atoms with van der Waals surface area (Å²) in [6, 6.07) is 12.8. The zero-order chi connectivity index (χ0) is 20.9. The fourth-order valence-electron chi connectivity index (χ4n) is 2.14. The number of aromatic nitrogens is 2. The van der Waals surface area contributed by atoms with Crippen LogP contribution >= 0.6 is 23.1 Å². The Bertz CT molecular complexity index is 992. The van der Waals surface area contributed by atoms with Crippen molar-refractivity contribution in [2.45, 2.75) is 10.5 Å². The molecule has 0 bridgehead atoms. The molecular weight excluding hydrogens is 425 g/mol. The number of anilines is 2. The monoisotopic (exact) mass is 438 g/mol. The zero-order valence-electron chi connectivity index (χ0n) is 14.6. The van der Waals surface area contributed by atoms with Gasteiger partial charge in [-0.25, -0.2) is 0 Å². The summed E-state index contributed by atoms with van der Waals surface area (Å²) in [6.07, 6.45) is -4.43. The molecule has 150 valence electrons. The Kier molecular flexibility index (Phi) is 6.49. The van der Waals surface area contributed by atoms with Crippen LogP contribution in [0.5, 0.6) is 0 Å². The third-order valence-corrected chi connectivity index (χ3v) is 5.46.